The summed E-state index contributed by atoms with van der Waals surface area (Å²) in [6, 6.07) is 11.2. The Balaban J connectivity index is 1.96. The number of aromatic hydroxyl groups is 2. The molecule has 0 bridgehead atoms. The molecular weight excluding hydrogens is 272 g/mol. The lowest BCUT2D eigenvalue weighted by Gasteiger charge is -2.02. The first-order valence-electron chi connectivity index (χ1n) is 6.18. The van der Waals surface area contributed by atoms with E-state index in [0.29, 0.717) is 22.7 Å². The van der Waals surface area contributed by atoms with Gasteiger partial charge in [0.15, 0.2) is 0 Å². The van der Waals surface area contributed by atoms with Gasteiger partial charge in [-0.05, 0) is 36.4 Å². The van der Waals surface area contributed by atoms with Crippen molar-refractivity contribution in [2.24, 2.45) is 0 Å². The minimum absolute atomic E-state index is 0.00439. The van der Waals surface area contributed by atoms with Crippen LogP contribution in [0.15, 0.2) is 47.0 Å². The summed E-state index contributed by atoms with van der Waals surface area (Å²) in [5, 5.41) is 23.1. The van der Waals surface area contributed by atoms with Crippen LogP contribution in [-0.4, -0.2) is 27.5 Å². The Bertz CT molecular complexity index is 766. The summed E-state index contributed by atoms with van der Waals surface area (Å²) >= 11 is 0. The van der Waals surface area contributed by atoms with E-state index in [1.807, 2.05) is 0 Å². The smallest absolute Gasteiger partial charge is 0.262 e. The van der Waals surface area contributed by atoms with Gasteiger partial charge in [0.1, 0.15) is 17.2 Å². The monoisotopic (exact) mass is 284 g/mol. The number of aromatic nitrogens is 2. The molecule has 0 unspecified atom stereocenters. The highest BCUT2D eigenvalue weighted by Gasteiger charge is 2.14. The van der Waals surface area contributed by atoms with Crippen molar-refractivity contribution in [3.63, 3.8) is 0 Å². The second kappa shape index (κ2) is 5.16. The maximum Gasteiger partial charge on any atom is 0.262 e. The third kappa shape index (κ3) is 2.51. The quantitative estimate of drug-likeness (QED) is 0.768. The van der Waals surface area contributed by atoms with Gasteiger partial charge in [0.05, 0.1) is 12.7 Å². The Hall–Kier alpha value is -3.02. The molecule has 21 heavy (non-hydrogen) atoms. The number of hydrogen-bond acceptors (Lipinski definition) is 6. The predicted molar refractivity (Wildman–Crippen MR) is 75.1 cm³/mol. The molecule has 0 aliphatic carbocycles. The van der Waals surface area contributed by atoms with Crippen LogP contribution in [0.2, 0.25) is 0 Å². The molecule has 3 aromatic rings. The second-order valence-corrected chi connectivity index (χ2v) is 4.35. The van der Waals surface area contributed by atoms with Crippen LogP contribution in [0.4, 0.5) is 0 Å². The minimum atomic E-state index is -0.00439. The molecule has 0 aliphatic rings. The molecule has 1 heterocycles. The van der Waals surface area contributed by atoms with Crippen LogP contribution >= 0.6 is 0 Å². The topological polar surface area (TPSA) is 88.6 Å². The molecule has 0 amide bonds. The first-order valence-corrected chi connectivity index (χ1v) is 6.18. The van der Waals surface area contributed by atoms with E-state index in [1.165, 1.54) is 25.3 Å². The standard InChI is InChI=1S/C15H12N2O4/c1-20-11-6-7-12(13(19)8-11)15-16-14(17-21-15)9-2-4-10(18)5-3-9/h2-8,18-19H,1H3. The van der Waals surface area contributed by atoms with Gasteiger partial charge in [0.2, 0.25) is 5.82 Å². The molecule has 2 aromatic carbocycles. The highest BCUT2D eigenvalue weighted by molar-refractivity contribution is 5.66. The number of rotatable bonds is 3. The van der Waals surface area contributed by atoms with Crippen molar-refractivity contribution in [2.45, 2.75) is 0 Å². The molecule has 0 fully saturated rings. The van der Waals surface area contributed by atoms with Crippen molar-refractivity contribution in [1.29, 1.82) is 0 Å². The average molecular weight is 284 g/mol. The maximum atomic E-state index is 9.95. The third-order valence-electron chi connectivity index (χ3n) is 2.99. The Morgan fingerprint density at radius 2 is 1.81 bits per heavy atom. The lowest BCUT2D eigenvalue weighted by molar-refractivity contribution is 0.405. The zero-order chi connectivity index (χ0) is 14.8. The fraction of sp³-hybridized carbons (Fsp3) is 0.0667. The Morgan fingerprint density at radius 3 is 2.48 bits per heavy atom. The van der Waals surface area contributed by atoms with E-state index in [2.05, 4.69) is 10.1 Å². The van der Waals surface area contributed by atoms with E-state index in [1.54, 1.807) is 24.3 Å². The van der Waals surface area contributed by atoms with Crippen LogP contribution in [0.25, 0.3) is 22.8 Å². The van der Waals surface area contributed by atoms with Crippen LogP contribution in [0.3, 0.4) is 0 Å². The Morgan fingerprint density at radius 1 is 1.05 bits per heavy atom. The average Bonchev–Trinajstić information content (AvgIpc) is 2.97. The first-order chi connectivity index (χ1) is 10.2. The van der Waals surface area contributed by atoms with Crippen molar-refractivity contribution in [1.82, 2.24) is 10.1 Å². The molecule has 106 valence electrons. The molecule has 0 atom stereocenters. The van der Waals surface area contributed by atoms with E-state index in [9.17, 15) is 10.2 Å². The molecule has 2 N–H and O–H groups in total. The van der Waals surface area contributed by atoms with Crippen molar-refractivity contribution >= 4 is 0 Å². The molecule has 0 radical (unpaired) electrons. The summed E-state index contributed by atoms with van der Waals surface area (Å²) in [6.45, 7) is 0. The van der Waals surface area contributed by atoms with Crippen molar-refractivity contribution < 1.29 is 19.5 Å². The Kier molecular flexibility index (Phi) is 3.19. The summed E-state index contributed by atoms with van der Waals surface area (Å²) in [4.78, 5) is 4.24. The minimum Gasteiger partial charge on any atom is -0.508 e. The summed E-state index contributed by atoms with van der Waals surface area (Å²) < 4.78 is 10.2. The number of phenols is 2. The van der Waals surface area contributed by atoms with Gasteiger partial charge in [0.25, 0.3) is 5.89 Å². The van der Waals surface area contributed by atoms with Crippen LogP contribution < -0.4 is 4.74 Å². The van der Waals surface area contributed by atoms with Crippen molar-refractivity contribution in [3.05, 3.63) is 42.5 Å². The van der Waals surface area contributed by atoms with Gasteiger partial charge in [-0.25, -0.2) is 0 Å². The molecule has 1 aromatic heterocycles. The lowest BCUT2D eigenvalue weighted by atomic mass is 10.2. The molecule has 0 saturated heterocycles. The highest BCUT2D eigenvalue weighted by Crippen LogP contribution is 2.32. The van der Waals surface area contributed by atoms with Crippen LogP contribution in [0.1, 0.15) is 0 Å². The molecule has 6 heteroatoms. The highest BCUT2D eigenvalue weighted by atomic mass is 16.5. The fourth-order valence-corrected chi connectivity index (χ4v) is 1.88. The van der Waals surface area contributed by atoms with Gasteiger partial charge >= 0.3 is 0 Å². The van der Waals surface area contributed by atoms with Crippen LogP contribution in [-0.2, 0) is 0 Å². The van der Waals surface area contributed by atoms with E-state index in [4.69, 9.17) is 9.26 Å². The molecule has 0 saturated carbocycles. The normalized spacial score (nSPS) is 10.5. The molecular formula is C15H12N2O4. The summed E-state index contributed by atoms with van der Waals surface area (Å²) in [6.07, 6.45) is 0. The van der Waals surface area contributed by atoms with Gasteiger partial charge in [-0.1, -0.05) is 5.16 Å². The lowest BCUT2D eigenvalue weighted by Crippen LogP contribution is -1.85. The number of benzene rings is 2. The van der Waals surface area contributed by atoms with Gasteiger partial charge in [-0.15, -0.1) is 0 Å². The zero-order valence-corrected chi connectivity index (χ0v) is 11.1. The number of nitrogens with zero attached hydrogens (tertiary/aromatic N) is 2. The van der Waals surface area contributed by atoms with Crippen molar-refractivity contribution in [2.75, 3.05) is 7.11 Å². The number of ether oxygens (including phenoxy) is 1. The summed E-state index contributed by atoms with van der Waals surface area (Å²) in [5.74, 6) is 1.28. The van der Waals surface area contributed by atoms with Gasteiger partial charge in [-0.2, -0.15) is 4.98 Å². The van der Waals surface area contributed by atoms with E-state index < -0.39 is 0 Å². The summed E-state index contributed by atoms with van der Waals surface area (Å²) in [7, 11) is 1.52. The van der Waals surface area contributed by atoms with E-state index >= 15 is 0 Å². The second-order valence-electron chi connectivity index (χ2n) is 4.35. The fourth-order valence-electron chi connectivity index (χ4n) is 1.88. The number of hydrogen-bond donors (Lipinski definition) is 2. The predicted octanol–water partition coefficient (Wildman–Crippen LogP) is 2.82. The molecule has 3 rings (SSSR count). The molecule has 0 spiro atoms. The maximum absolute atomic E-state index is 9.95. The van der Waals surface area contributed by atoms with Gasteiger partial charge in [-0.3, -0.25) is 0 Å². The SMILES string of the molecule is COc1ccc(-c2nc(-c3ccc(O)cc3)no2)c(O)c1. The largest absolute Gasteiger partial charge is 0.508 e. The van der Waals surface area contributed by atoms with Gasteiger partial charge in [0, 0.05) is 11.6 Å². The Labute approximate surface area is 120 Å². The van der Waals surface area contributed by atoms with Crippen LogP contribution in [0.5, 0.6) is 17.2 Å². The van der Waals surface area contributed by atoms with Crippen LogP contribution in [0, 0.1) is 0 Å². The first kappa shape index (κ1) is 13.0. The zero-order valence-electron chi connectivity index (χ0n) is 11.1. The number of methoxy groups -OCH3 is 1. The number of phenolic OH excluding ortho intramolecular Hbond substituents is 2. The van der Waals surface area contributed by atoms with Crippen molar-refractivity contribution in [3.8, 4) is 40.1 Å². The molecule has 6 nitrogen and oxygen atoms in total. The molecule has 0 aliphatic heterocycles. The van der Waals surface area contributed by atoms with E-state index in [0.717, 1.165) is 0 Å². The third-order valence-corrected chi connectivity index (χ3v) is 2.99. The van der Waals surface area contributed by atoms with Gasteiger partial charge < -0.3 is 19.5 Å². The van der Waals surface area contributed by atoms with E-state index in [-0.39, 0.29) is 17.4 Å². The summed E-state index contributed by atoms with van der Waals surface area (Å²) in [5.41, 5.74) is 1.13.